The van der Waals surface area contributed by atoms with Gasteiger partial charge in [-0.15, -0.1) is 0 Å². The Morgan fingerprint density at radius 1 is 1.33 bits per heavy atom. The Labute approximate surface area is 90.5 Å². The summed E-state index contributed by atoms with van der Waals surface area (Å²) >= 11 is 1.23. The fourth-order valence-electron chi connectivity index (χ4n) is 1.08. The van der Waals surface area contributed by atoms with E-state index in [1.165, 1.54) is 23.7 Å². The lowest BCUT2D eigenvalue weighted by Crippen LogP contribution is -1.95. The Morgan fingerprint density at radius 3 is 2.67 bits per heavy atom. The third-order valence-corrected chi connectivity index (χ3v) is 2.43. The van der Waals surface area contributed by atoms with Gasteiger partial charge in [-0.1, -0.05) is 0 Å². The number of nitrogen functional groups attached to an aromatic ring is 1. The maximum atomic E-state index is 12.6. The molecule has 1 heterocycles. The van der Waals surface area contributed by atoms with Crippen molar-refractivity contribution in [3.8, 4) is 5.75 Å². The van der Waals surface area contributed by atoms with Gasteiger partial charge in [0, 0.05) is 0 Å². The van der Waals surface area contributed by atoms with Crippen LogP contribution in [0.15, 0.2) is 30.3 Å². The molecule has 2 N–H and O–H groups in total. The zero-order valence-corrected chi connectivity index (χ0v) is 8.63. The summed E-state index contributed by atoms with van der Waals surface area (Å²) in [5.41, 5.74) is 6.30. The molecule has 0 atom stereocenters. The summed E-state index contributed by atoms with van der Waals surface area (Å²) < 4.78 is 22.0. The molecule has 2 aromatic rings. The minimum absolute atomic E-state index is 0.278. The standard InChI is InChI=1S/C10H9FN2OS/c11-7-1-3-9(4-2-7)14-6-8-5-10(12)15-13-8/h1-5H,6,12H2. The first-order chi connectivity index (χ1) is 7.24. The van der Waals surface area contributed by atoms with Gasteiger partial charge in [-0.2, -0.15) is 4.37 Å². The molecule has 0 unspecified atom stereocenters. The SMILES string of the molecule is Nc1cc(COc2ccc(F)cc2)ns1. The normalized spacial score (nSPS) is 10.2. The van der Waals surface area contributed by atoms with Crippen LogP contribution < -0.4 is 10.5 Å². The van der Waals surface area contributed by atoms with E-state index in [0.717, 1.165) is 5.69 Å². The Bertz CT molecular complexity index is 441. The molecule has 0 fully saturated rings. The van der Waals surface area contributed by atoms with Gasteiger partial charge >= 0.3 is 0 Å². The molecule has 5 heteroatoms. The van der Waals surface area contributed by atoms with Crippen molar-refractivity contribution in [1.29, 1.82) is 0 Å². The first-order valence-corrected chi connectivity index (χ1v) is 5.11. The van der Waals surface area contributed by atoms with Crippen LogP contribution in [-0.2, 0) is 6.61 Å². The van der Waals surface area contributed by atoms with Crippen LogP contribution in [0.2, 0.25) is 0 Å². The highest BCUT2D eigenvalue weighted by atomic mass is 32.1. The Hall–Kier alpha value is -1.62. The van der Waals surface area contributed by atoms with Crippen molar-refractivity contribution in [3.63, 3.8) is 0 Å². The molecule has 0 saturated carbocycles. The zero-order chi connectivity index (χ0) is 10.7. The van der Waals surface area contributed by atoms with Crippen LogP contribution in [0, 0.1) is 5.82 Å². The van der Waals surface area contributed by atoms with Gasteiger partial charge in [0.2, 0.25) is 0 Å². The largest absolute Gasteiger partial charge is 0.487 e. The summed E-state index contributed by atoms with van der Waals surface area (Å²) in [5, 5.41) is 0.660. The number of nitrogens with zero attached hydrogens (tertiary/aromatic N) is 1. The summed E-state index contributed by atoms with van der Waals surface area (Å²) in [4.78, 5) is 0. The van der Waals surface area contributed by atoms with Gasteiger partial charge in [0.1, 0.15) is 23.2 Å². The molecule has 0 aliphatic rings. The molecule has 2 rings (SSSR count). The van der Waals surface area contributed by atoms with Crippen LogP contribution in [0.3, 0.4) is 0 Å². The van der Waals surface area contributed by atoms with Crippen LogP contribution >= 0.6 is 11.5 Å². The van der Waals surface area contributed by atoms with Gasteiger partial charge in [0.05, 0.1) is 5.69 Å². The lowest BCUT2D eigenvalue weighted by Gasteiger charge is -2.02. The smallest absolute Gasteiger partial charge is 0.131 e. The molecule has 3 nitrogen and oxygen atoms in total. The number of aromatic nitrogens is 1. The van der Waals surface area contributed by atoms with Crippen molar-refractivity contribution < 1.29 is 9.13 Å². The number of ether oxygens (including phenoxy) is 1. The lowest BCUT2D eigenvalue weighted by atomic mass is 10.3. The van der Waals surface area contributed by atoms with Crippen LogP contribution in [-0.4, -0.2) is 4.37 Å². The number of halogens is 1. The minimum Gasteiger partial charge on any atom is -0.487 e. The molecule has 0 spiro atoms. The summed E-state index contributed by atoms with van der Waals surface area (Å²) in [6, 6.07) is 7.61. The number of hydrogen-bond acceptors (Lipinski definition) is 4. The van der Waals surface area contributed by atoms with Gasteiger partial charge in [-0.05, 0) is 41.9 Å². The number of hydrogen-bond donors (Lipinski definition) is 1. The summed E-state index contributed by atoms with van der Waals surface area (Å²) in [6.45, 7) is 0.347. The maximum Gasteiger partial charge on any atom is 0.131 e. The fraction of sp³-hybridized carbons (Fsp3) is 0.100. The molecule has 1 aromatic carbocycles. The highest BCUT2D eigenvalue weighted by molar-refractivity contribution is 7.09. The fourth-order valence-corrected chi connectivity index (χ4v) is 1.60. The van der Waals surface area contributed by atoms with Crippen molar-refractivity contribution in [1.82, 2.24) is 4.37 Å². The topological polar surface area (TPSA) is 48.1 Å². The van der Waals surface area contributed by atoms with E-state index in [4.69, 9.17) is 10.5 Å². The molecule has 78 valence electrons. The van der Waals surface area contributed by atoms with Crippen LogP contribution in [0.1, 0.15) is 5.69 Å². The first kappa shape index (κ1) is 9.92. The molecule has 0 saturated heterocycles. The predicted octanol–water partition coefficient (Wildman–Crippen LogP) is 2.44. The van der Waals surface area contributed by atoms with Crippen molar-refractivity contribution in [2.45, 2.75) is 6.61 Å². The molecular formula is C10H9FN2OS. The first-order valence-electron chi connectivity index (χ1n) is 4.33. The average Bonchev–Trinajstić information content (AvgIpc) is 2.64. The van der Waals surface area contributed by atoms with E-state index < -0.39 is 0 Å². The van der Waals surface area contributed by atoms with E-state index in [2.05, 4.69) is 4.37 Å². The monoisotopic (exact) mass is 224 g/mol. The van der Waals surface area contributed by atoms with Crippen molar-refractivity contribution in [2.24, 2.45) is 0 Å². The summed E-state index contributed by atoms with van der Waals surface area (Å²) in [5.74, 6) is 0.336. The molecule has 0 aliphatic carbocycles. The molecule has 0 amide bonds. The second-order valence-corrected chi connectivity index (χ2v) is 3.80. The van der Waals surface area contributed by atoms with Gasteiger partial charge < -0.3 is 10.5 Å². The van der Waals surface area contributed by atoms with Gasteiger partial charge in [-0.3, -0.25) is 0 Å². The molecule has 0 aliphatic heterocycles. The maximum absolute atomic E-state index is 12.6. The number of benzene rings is 1. The van der Waals surface area contributed by atoms with Crippen molar-refractivity contribution >= 4 is 16.5 Å². The molecule has 15 heavy (non-hydrogen) atoms. The second kappa shape index (κ2) is 4.27. The summed E-state index contributed by atoms with van der Waals surface area (Å²) in [7, 11) is 0. The number of anilines is 1. The van der Waals surface area contributed by atoms with Gasteiger partial charge in [0.25, 0.3) is 0 Å². The summed E-state index contributed by atoms with van der Waals surface area (Å²) in [6.07, 6.45) is 0. The third-order valence-electron chi connectivity index (χ3n) is 1.78. The molecular weight excluding hydrogens is 215 g/mol. The van der Waals surface area contributed by atoms with Gasteiger partial charge in [0.15, 0.2) is 0 Å². The lowest BCUT2D eigenvalue weighted by molar-refractivity contribution is 0.302. The Morgan fingerprint density at radius 2 is 2.07 bits per heavy atom. The zero-order valence-electron chi connectivity index (χ0n) is 7.81. The minimum atomic E-state index is -0.278. The van der Waals surface area contributed by atoms with E-state index >= 15 is 0 Å². The third kappa shape index (κ3) is 2.66. The highest BCUT2D eigenvalue weighted by Gasteiger charge is 2.00. The quantitative estimate of drug-likeness (QED) is 0.871. The van der Waals surface area contributed by atoms with E-state index in [1.807, 2.05) is 0 Å². The van der Waals surface area contributed by atoms with Crippen LogP contribution in [0.25, 0.3) is 0 Å². The number of rotatable bonds is 3. The average molecular weight is 224 g/mol. The van der Waals surface area contributed by atoms with Crippen LogP contribution in [0.4, 0.5) is 9.39 Å². The van der Waals surface area contributed by atoms with Crippen molar-refractivity contribution in [2.75, 3.05) is 5.73 Å². The second-order valence-electron chi connectivity index (χ2n) is 2.96. The highest BCUT2D eigenvalue weighted by Crippen LogP contribution is 2.16. The molecule has 0 bridgehead atoms. The molecule has 0 radical (unpaired) electrons. The van der Waals surface area contributed by atoms with Crippen molar-refractivity contribution in [3.05, 3.63) is 41.8 Å². The van der Waals surface area contributed by atoms with Gasteiger partial charge in [-0.25, -0.2) is 4.39 Å². The number of nitrogens with two attached hydrogens (primary N) is 1. The molecule has 1 aromatic heterocycles. The predicted molar refractivity (Wildman–Crippen MR) is 57.3 cm³/mol. The Kier molecular flexibility index (Phi) is 2.82. The Balaban J connectivity index is 1.96. The van der Waals surface area contributed by atoms with E-state index in [-0.39, 0.29) is 5.82 Å². The van der Waals surface area contributed by atoms with E-state index in [1.54, 1.807) is 18.2 Å². The van der Waals surface area contributed by atoms with Crippen LogP contribution in [0.5, 0.6) is 5.75 Å². The van der Waals surface area contributed by atoms with E-state index in [9.17, 15) is 4.39 Å². The van der Waals surface area contributed by atoms with E-state index in [0.29, 0.717) is 17.4 Å².